The summed E-state index contributed by atoms with van der Waals surface area (Å²) < 4.78 is 5.41. The first-order chi connectivity index (χ1) is 7.16. The van der Waals surface area contributed by atoms with Crippen LogP contribution >= 0.6 is 24.0 Å². The maximum Gasteiger partial charge on any atom is 0.188 e. The zero-order valence-corrected chi connectivity index (χ0v) is 12.6. The molecule has 0 aliphatic rings. The van der Waals surface area contributed by atoms with E-state index in [1.54, 1.807) is 6.08 Å². The van der Waals surface area contributed by atoms with E-state index in [1.807, 2.05) is 13.8 Å². The molecule has 0 spiro atoms. The number of hydrogen-bond acceptors (Lipinski definition) is 2. The summed E-state index contributed by atoms with van der Waals surface area (Å²) in [7, 11) is 0. The molecule has 0 atom stereocenters. The van der Waals surface area contributed by atoms with Gasteiger partial charge in [0.2, 0.25) is 0 Å². The predicted octanol–water partition coefficient (Wildman–Crippen LogP) is 1.90. The zero-order chi connectivity index (χ0) is 11.5. The molecule has 0 fully saturated rings. The number of aliphatic imine (C=N–C) groups is 1. The molecule has 0 aliphatic heterocycles. The van der Waals surface area contributed by atoms with Gasteiger partial charge in [0.05, 0.1) is 6.10 Å². The number of ether oxygens (including phenoxy) is 1. The van der Waals surface area contributed by atoms with Gasteiger partial charge in [-0.15, -0.1) is 30.6 Å². The minimum Gasteiger partial charge on any atom is -0.379 e. The molecule has 16 heavy (non-hydrogen) atoms. The van der Waals surface area contributed by atoms with Crippen LogP contribution in [0.15, 0.2) is 17.6 Å². The van der Waals surface area contributed by atoms with Gasteiger partial charge in [0.1, 0.15) is 0 Å². The molecule has 0 saturated carbocycles. The normalized spacial score (nSPS) is 11.1. The Hall–Kier alpha value is -0.300. The Kier molecular flexibility index (Phi) is 14.4. The summed E-state index contributed by atoms with van der Waals surface area (Å²) in [5.74, 6) is 0.486. The number of guanidine groups is 1. The molecule has 96 valence electrons. The Balaban J connectivity index is 0. The van der Waals surface area contributed by atoms with Crippen molar-refractivity contribution < 1.29 is 4.74 Å². The number of nitrogens with zero attached hydrogens (tertiary/aromatic N) is 1. The van der Waals surface area contributed by atoms with Gasteiger partial charge in [0.15, 0.2) is 5.96 Å². The molecule has 0 aromatic rings. The fourth-order valence-corrected chi connectivity index (χ4v) is 0.965. The monoisotopic (exact) mass is 341 g/mol. The lowest BCUT2D eigenvalue weighted by atomic mass is 10.3. The minimum atomic E-state index is 0. The summed E-state index contributed by atoms with van der Waals surface area (Å²) in [4.78, 5) is 4.16. The summed E-state index contributed by atoms with van der Waals surface area (Å²) in [6.07, 6.45) is 4.09. The predicted molar refractivity (Wildman–Crippen MR) is 80.4 cm³/mol. The van der Waals surface area contributed by atoms with Crippen LogP contribution in [0, 0.1) is 0 Å². The van der Waals surface area contributed by atoms with Crippen molar-refractivity contribution in [3.05, 3.63) is 12.7 Å². The molecule has 0 rings (SSSR count). The summed E-state index contributed by atoms with van der Waals surface area (Å²) in [5.41, 5.74) is 5.58. The van der Waals surface area contributed by atoms with Crippen LogP contribution in [-0.4, -0.2) is 31.8 Å². The van der Waals surface area contributed by atoms with Crippen molar-refractivity contribution in [1.29, 1.82) is 0 Å². The molecule has 0 saturated heterocycles. The van der Waals surface area contributed by atoms with Gasteiger partial charge in [-0.25, -0.2) is 0 Å². The van der Waals surface area contributed by atoms with E-state index in [4.69, 9.17) is 10.5 Å². The lowest BCUT2D eigenvalue weighted by Gasteiger charge is -2.06. The molecular weight excluding hydrogens is 317 g/mol. The smallest absolute Gasteiger partial charge is 0.188 e. The first-order valence-electron chi connectivity index (χ1n) is 5.43. The SMILES string of the molecule is C=CCNC(N)=NCCCCOC(C)C.I. The first kappa shape index (κ1) is 18.1. The molecule has 0 aromatic heterocycles. The van der Waals surface area contributed by atoms with Crippen LogP contribution in [0.4, 0.5) is 0 Å². The van der Waals surface area contributed by atoms with Crippen LogP contribution in [-0.2, 0) is 4.74 Å². The second-order valence-corrected chi connectivity index (χ2v) is 3.56. The summed E-state index contributed by atoms with van der Waals surface area (Å²) >= 11 is 0. The number of nitrogens with two attached hydrogens (primary N) is 1. The fraction of sp³-hybridized carbons (Fsp3) is 0.727. The second kappa shape index (κ2) is 12.8. The molecule has 0 bridgehead atoms. The minimum absolute atomic E-state index is 0. The molecule has 0 amide bonds. The van der Waals surface area contributed by atoms with Crippen molar-refractivity contribution in [2.45, 2.75) is 32.8 Å². The molecule has 3 N–H and O–H groups in total. The zero-order valence-electron chi connectivity index (χ0n) is 10.2. The third-order valence-corrected chi connectivity index (χ3v) is 1.71. The lowest BCUT2D eigenvalue weighted by molar-refractivity contribution is 0.0764. The first-order valence-corrected chi connectivity index (χ1v) is 5.43. The molecule has 5 heteroatoms. The number of hydrogen-bond donors (Lipinski definition) is 2. The van der Waals surface area contributed by atoms with Crippen molar-refractivity contribution in [3.8, 4) is 0 Å². The van der Waals surface area contributed by atoms with E-state index in [-0.39, 0.29) is 24.0 Å². The largest absolute Gasteiger partial charge is 0.379 e. The van der Waals surface area contributed by atoms with E-state index in [0.717, 1.165) is 26.0 Å². The lowest BCUT2D eigenvalue weighted by Crippen LogP contribution is -2.31. The van der Waals surface area contributed by atoms with Crippen molar-refractivity contribution in [3.63, 3.8) is 0 Å². The average Bonchev–Trinajstić information content (AvgIpc) is 2.19. The van der Waals surface area contributed by atoms with Gasteiger partial charge < -0.3 is 15.8 Å². The van der Waals surface area contributed by atoms with Gasteiger partial charge >= 0.3 is 0 Å². The number of unbranched alkanes of at least 4 members (excludes halogenated alkanes) is 1. The number of nitrogens with one attached hydrogen (secondary N) is 1. The molecular formula is C11H24IN3O. The number of halogens is 1. The van der Waals surface area contributed by atoms with Gasteiger partial charge in [0, 0.05) is 19.7 Å². The summed E-state index contributed by atoms with van der Waals surface area (Å²) in [5, 5.41) is 2.92. The van der Waals surface area contributed by atoms with Crippen molar-refractivity contribution >= 4 is 29.9 Å². The van der Waals surface area contributed by atoms with Gasteiger partial charge in [0.25, 0.3) is 0 Å². The van der Waals surface area contributed by atoms with Crippen molar-refractivity contribution in [2.75, 3.05) is 19.7 Å². The van der Waals surface area contributed by atoms with Crippen LogP contribution in [0.3, 0.4) is 0 Å². The van der Waals surface area contributed by atoms with Crippen LogP contribution < -0.4 is 11.1 Å². The average molecular weight is 341 g/mol. The molecule has 0 aromatic carbocycles. The van der Waals surface area contributed by atoms with Gasteiger partial charge in [-0.3, -0.25) is 4.99 Å². The Morgan fingerprint density at radius 3 is 2.75 bits per heavy atom. The molecule has 0 unspecified atom stereocenters. The Morgan fingerprint density at radius 1 is 1.50 bits per heavy atom. The highest BCUT2D eigenvalue weighted by molar-refractivity contribution is 14.0. The van der Waals surface area contributed by atoms with E-state index in [0.29, 0.717) is 18.6 Å². The highest BCUT2D eigenvalue weighted by Crippen LogP contribution is 1.94. The van der Waals surface area contributed by atoms with E-state index >= 15 is 0 Å². The summed E-state index contributed by atoms with van der Waals surface area (Å²) in [6, 6.07) is 0. The summed E-state index contributed by atoms with van der Waals surface area (Å²) in [6.45, 7) is 9.86. The maximum atomic E-state index is 5.58. The highest BCUT2D eigenvalue weighted by atomic mass is 127. The Morgan fingerprint density at radius 2 is 2.19 bits per heavy atom. The molecule has 0 heterocycles. The highest BCUT2D eigenvalue weighted by Gasteiger charge is 1.93. The van der Waals surface area contributed by atoms with Crippen LogP contribution in [0.5, 0.6) is 0 Å². The quantitative estimate of drug-likeness (QED) is 0.233. The van der Waals surface area contributed by atoms with E-state index in [9.17, 15) is 0 Å². The number of rotatable bonds is 8. The second-order valence-electron chi connectivity index (χ2n) is 3.56. The fourth-order valence-electron chi connectivity index (χ4n) is 0.965. The Labute approximate surface area is 116 Å². The third-order valence-electron chi connectivity index (χ3n) is 1.71. The van der Waals surface area contributed by atoms with Gasteiger partial charge in [-0.1, -0.05) is 6.08 Å². The van der Waals surface area contributed by atoms with E-state index in [2.05, 4.69) is 16.9 Å². The third kappa shape index (κ3) is 13.7. The van der Waals surface area contributed by atoms with E-state index in [1.165, 1.54) is 0 Å². The van der Waals surface area contributed by atoms with Crippen LogP contribution in [0.25, 0.3) is 0 Å². The van der Waals surface area contributed by atoms with Crippen LogP contribution in [0.2, 0.25) is 0 Å². The molecule has 0 radical (unpaired) electrons. The Bertz CT molecular complexity index is 196. The topological polar surface area (TPSA) is 59.6 Å². The van der Waals surface area contributed by atoms with Crippen molar-refractivity contribution in [1.82, 2.24) is 5.32 Å². The van der Waals surface area contributed by atoms with E-state index < -0.39 is 0 Å². The van der Waals surface area contributed by atoms with Gasteiger partial charge in [-0.05, 0) is 26.7 Å². The standard InChI is InChI=1S/C11H23N3O.HI/c1-4-7-13-11(12)14-8-5-6-9-15-10(2)3;/h4,10H,1,5-9H2,2-3H3,(H3,12,13,14);1H. The molecule has 0 aliphatic carbocycles. The molecule has 4 nitrogen and oxygen atoms in total. The maximum absolute atomic E-state index is 5.58. The van der Waals surface area contributed by atoms with Crippen LogP contribution in [0.1, 0.15) is 26.7 Å². The van der Waals surface area contributed by atoms with Gasteiger partial charge in [-0.2, -0.15) is 0 Å². The van der Waals surface area contributed by atoms with Crippen molar-refractivity contribution in [2.24, 2.45) is 10.7 Å².